The molecule has 0 spiro atoms. The number of carboxylic acids is 1. The second-order valence-corrected chi connectivity index (χ2v) is 12.4. The van der Waals surface area contributed by atoms with Gasteiger partial charge in [-0.05, 0) is 43.9 Å². The summed E-state index contributed by atoms with van der Waals surface area (Å²) in [5.74, 6) is -5.33. The number of hydrogen-bond acceptors (Lipinski definition) is 7. The van der Waals surface area contributed by atoms with Gasteiger partial charge < -0.3 is 24.3 Å². The number of benzene rings is 1. The van der Waals surface area contributed by atoms with E-state index in [1.165, 1.54) is 22.1 Å². The van der Waals surface area contributed by atoms with Crippen molar-refractivity contribution in [3.05, 3.63) is 63.3 Å². The first-order valence-electron chi connectivity index (χ1n) is 15.4. The number of carboxylic acid groups (broad SMARTS) is 1. The average Bonchev–Trinajstić information content (AvgIpc) is 3.67. The smallest absolute Gasteiger partial charge is 0.326 e. The molecule has 2 aliphatic heterocycles. The summed E-state index contributed by atoms with van der Waals surface area (Å²) in [4.78, 5) is 50.7. The lowest BCUT2D eigenvalue weighted by atomic mass is 9.86. The molecule has 1 amide bonds. The van der Waals surface area contributed by atoms with Crippen molar-refractivity contribution in [2.45, 2.75) is 75.4 Å². The number of carbonyl (C=O) groups excluding carboxylic acids is 1. The van der Waals surface area contributed by atoms with Crippen molar-refractivity contribution < 1.29 is 32.3 Å². The quantitative estimate of drug-likeness (QED) is 0.190. The van der Waals surface area contributed by atoms with E-state index in [0.717, 1.165) is 0 Å². The van der Waals surface area contributed by atoms with E-state index in [0.29, 0.717) is 43.2 Å². The predicted molar refractivity (Wildman–Crippen MR) is 165 cm³/mol. The first-order chi connectivity index (χ1) is 22.0. The number of aromatic nitrogens is 3. The van der Waals surface area contributed by atoms with Crippen LogP contribution in [0, 0.1) is 0 Å². The number of piperidine rings is 1. The zero-order valence-corrected chi connectivity index (χ0v) is 25.7. The molecule has 0 unspecified atom stereocenters. The van der Waals surface area contributed by atoms with Gasteiger partial charge in [-0.1, -0.05) is 30.2 Å². The summed E-state index contributed by atoms with van der Waals surface area (Å²) in [5, 5.41) is 10.5. The number of halogens is 4. The fourth-order valence-corrected chi connectivity index (χ4v) is 6.62. The minimum absolute atomic E-state index is 0.0443. The molecular weight excluding hydrogens is 627 g/mol. The Hall–Kier alpha value is -4.13. The van der Waals surface area contributed by atoms with Crippen molar-refractivity contribution in [1.82, 2.24) is 19.9 Å². The fourth-order valence-electron chi connectivity index (χ4n) is 6.45. The monoisotopic (exact) mass is 659 g/mol. The number of nitrogens with one attached hydrogen (secondary N) is 1. The highest BCUT2D eigenvalue weighted by molar-refractivity contribution is 6.30. The third-order valence-corrected chi connectivity index (χ3v) is 9.20. The van der Waals surface area contributed by atoms with Crippen LogP contribution in [0.5, 0.6) is 0 Å². The number of para-hydroxylation sites is 1. The van der Waals surface area contributed by atoms with Crippen LogP contribution in [-0.4, -0.2) is 62.5 Å². The van der Waals surface area contributed by atoms with Crippen molar-refractivity contribution >= 4 is 51.4 Å². The van der Waals surface area contributed by atoms with Crippen molar-refractivity contribution in [2.24, 2.45) is 0 Å². The molecule has 0 aliphatic carbocycles. The highest BCUT2D eigenvalue weighted by Gasteiger charge is 2.41. The second kappa shape index (κ2) is 12.6. The molecule has 244 valence electrons. The van der Waals surface area contributed by atoms with Gasteiger partial charge in [0.05, 0.1) is 10.6 Å². The number of aromatic amines is 1. The van der Waals surface area contributed by atoms with Crippen LogP contribution >= 0.6 is 11.6 Å². The second-order valence-electron chi connectivity index (χ2n) is 12.0. The molecule has 3 aromatic heterocycles. The third kappa shape index (κ3) is 6.16. The topological polar surface area (TPSA) is 133 Å². The zero-order chi connectivity index (χ0) is 32.6. The summed E-state index contributed by atoms with van der Waals surface area (Å²) < 4.78 is 52.7. The molecule has 5 heterocycles. The molecule has 4 aromatic rings. The van der Waals surface area contributed by atoms with E-state index < -0.39 is 41.4 Å². The number of aliphatic carboxylic acids is 1. The Morgan fingerprint density at radius 3 is 2.65 bits per heavy atom. The van der Waals surface area contributed by atoms with Crippen molar-refractivity contribution in [3.63, 3.8) is 0 Å². The molecule has 0 saturated carbocycles. The molecule has 1 aromatic carbocycles. The van der Waals surface area contributed by atoms with Crippen LogP contribution in [-0.2, 0) is 21.2 Å². The van der Waals surface area contributed by atoms with Gasteiger partial charge in [-0.2, -0.15) is 8.78 Å². The average molecular weight is 660 g/mol. The van der Waals surface area contributed by atoms with E-state index in [1.54, 1.807) is 24.3 Å². The number of H-pyrrole nitrogens is 1. The van der Waals surface area contributed by atoms with E-state index >= 15 is 13.2 Å². The van der Waals surface area contributed by atoms with Crippen LogP contribution in [0.4, 0.5) is 19.0 Å². The molecule has 2 aliphatic rings. The largest absolute Gasteiger partial charge is 0.480 e. The molecule has 14 heteroatoms. The SMILES string of the molecule is O=C(O)[C@@H]1CCCN1c1nc(C(F)(F)CCCCCC(=O)N2CCC(F)(c3cc(Cl)c[nH]c3=O)CC2)nc2c1oc1ccccc12. The lowest BCUT2D eigenvalue weighted by Gasteiger charge is -2.36. The van der Waals surface area contributed by atoms with Crippen molar-refractivity contribution in [2.75, 3.05) is 24.5 Å². The predicted octanol–water partition coefficient (Wildman–Crippen LogP) is 6.30. The Kier molecular flexibility index (Phi) is 8.70. The van der Waals surface area contributed by atoms with Gasteiger partial charge in [0, 0.05) is 56.9 Å². The number of hydrogen-bond donors (Lipinski definition) is 2. The Bertz CT molecular complexity index is 1840. The first kappa shape index (κ1) is 31.8. The first-order valence-corrected chi connectivity index (χ1v) is 15.8. The minimum atomic E-state index is -3.42. The van der Waals surface area contributed by atoms with Gasteiger partial charge in [-0.25, -0.2) is 19.2 Å². The number of amides is 1. The van der Waals surface area contributed by atoms with Gasteiger partial charge in [-0.3, -0.25) is 9.59 Å². The van der Waals surface area contributed by atoms with Crippen LogP contribution in [0.2, 0.25) is 5.02 Å². The molecular formula is C32H33ClF3N5O5. The van der Waals surface area contributed by atoms with Gasteiger partial charge in [-0.15, -0.1) is 0 Å². The van der Waals surface area contributed by atoms with Crippen molar-refractivity contribution in [1.29, 1.82) is 0 Å². The van der Waals surface area contributed by atoms with Gasteiger partial charge in [0.2, 0.25) is 11.7 Å². The molecule has 0 radical (unpaired) electrons. The summed E-state index contributed by atoms with van der Waals surface area (Å²) in [5.41, 5.74) is -1.67. The van der Waals surface area contributed by atoms with E-state index in [4.69, 9.17) is 16.0 Å². The number of rotatable bonds is 10. The van der Waals surface area contributed by atoms with Crippen LogP contribution in [0.1, 0.15) is 69.2 Å². The lowest BCUT2D eigenvalue weighted by molar-refractivity contribution is -0.138. The Morgan fingerprint density at radius 2 is 1.89 bits per heavy atom. The van der Waals surface area contributed by atoms with Crippen LogP contribution in [0.15, 0.2) is 45.7 Å². The van der Waals surface area contributed by atoms with Gasteiger partial charge in [0.15, 0.2) is 11.4 Å². The van der Waals surface area contributed by atoms with Gasteiger partial charge in [0.25, 0.3) is 5.56 Å². The molecule has 2 N–H and O–H groups in total. The minimum Gasteiger partial charge on any atom is -0.480 e. The normalized spacial score (nSPS) is 18.5. The zero-order valence-electron chi connectivity index (χ0n) is 24.9. The van der Waals surface area contributed by atoms with E-state index in [-0.39, 0.29) is 72.2 Å². The number of likely N-dealkylation sites (tertiary alicyclic amines) is 1. The highest BCUT2D eigenvalue weighted by atomic mass is 35.5. The van der Waals surface area contributed by atoms with Crippen LogP contribution in [0.25, 0.3) is 22.1 Å². The number of nitrogens with zero attached hydrogens (tertiary/aromatic N) is 4. The number of alkyl halides is 3. The Morgan fingerprint density at radius 1 is 1.13 bits per heavy atom. The molecule has 10 nitrogen and oxygen atoms in total. The molecule has 6 rings (SSSR count). The van der Waals surface area contributed by atoms with E-state index in [9.17, 15) is 19.5 Å². The Balaban J connectivity index is 1.08. The highest BCUT2D eigenvalue weighted by Crippen LogP contribution is 2.40. The Labute approximate surface area is 266 Å². The maximum Gasteiger partial charge on any atom is 0.326 e. The fraction of sp³-hybridized carbons (Fsp3) is 0.469. The van der Waals surface area contributed by atoms with E-state index in [1.807, 2.05) is 0 Å². The maximum atomic E-state index is 15.6. The van der Waals surface area contributed by atoms with E-state index in [2.05, 4.69) is 15.0 Å². The maximum absolute atomic E-state index is 15.6. The summed E-state index contributed by atoms with van der Waals surface area (Å²) in [6, 6.07) is 7.29. The summed E-state index contributed by atoms with van der Waals surface area (Å²) >= 11 is 5.93. The molecule has 2 saturated heterocycles. The van der Waals surface area contributed by atoms with Crippen LogP contribution < -0.4 is 10.5 Å². The van der Waals surface area contributed by atoms with Gasteiger partial charge in [0.1, 0.15) is 22.8 Å². The number of pyridine rings is 1. The number of furan rings is 1. The number of carbonyl (C=O) groups is 2. The summed E-state index contributed by atoms with van der Waals surface area (Å²) in [6.45, 7) is 0.593. The lowest BCUT2D eigenvalue weighted by Crippen LogP contribution is -2.45. The summed E-state index contributed by atoms with van der Waals surface area (Å²) in [6.07, 6.45) is 2.50. The van der Waals surface area contributed by atoms with Crippen molar-refractivity contribution in [3.8, 4) is 0 Å². The number of fused-ring (bicyclic) bond motifs is 3. The summed E-state index contributed by atoms with van der Waals surface area (Å²) in [7, 11) is 0. The molecule has 46 heavy (non-hydrogen) atoms. The number of anilines is 1. The molecule has 0 bridgehead atoms. The third-order valence-electron chi connectivity index (χ3n) is 8.98. The number of unbranched alkanes of at least 4 members (excludes halogenated alkanes) is 2. The molecule has 1 atom stereocenters. The van der Waals surface area contributed by atoms with Crippen LogP contribution in [0.3, 0.4) is 0 Å². The standard InChI is InChI=1S/C32H33ClF3N5O5/c33-19-17-21(28(43)37-18-19)31(34)12-15-40(16-13-31)24(42)10-2-1-5-11-32(35,36)30-38-25-20-7-3-4-9-23(20)46-26(25)27(39-30)41-14-6-8-22(41)29(44)45/h3-4,7,9,17-18,22H,1-2,5-6,8,10-16H2,(H,37,43)(H,44,45)/t22-/m0/s1. The molecule has 2 fully saturated rings. The van der Waals surface area contributed by atoms with Gasteiger partial charge >= 0.3 is 11.9 Å².